The highest BCUT2D eigenvalue weighted by Crippen LogP contribution is 2.35. The van der Waals surface area contributed by atoms with Gasteiger partial charge in [-0.2, -0.15) is 4.72 Å². The van der Waals surface area contributed by atoms with Gasteiger partial charge in [0.1, 0.15) is 16.7 Å². The van der Waals surface area contributed by atoms with Gasteiger partial charge in [0.2, 0.25) is 10.0 Å². The largest absolute Gasteiger partial charge is 0.482 e. The summed E-state index contributed by atoms with van der Waals surface area (Å²) in [5.41, 5.74) is 0.336. The summed E-state index contributed by atoms with van der Waals surface area (Å²) < 4.78 is 31.7. The minimum absolute atomic E-state index is 0.175. The van der Waals surface area contributed by atoms with Crippen LogP contribution in [0.2, 0.25) is 0 Å². The fourth-order valence-corrected chi connectivity index (χ4v) is 3.89. The number of benzene rings is 1. The van der Waals surface area contributed by atoms with Gasteiger partial charge in [-0.1, -0.05) is 0 Å². The molecule has 114 valence electrons. The maximum atomic E-state index is 12.2. The molecule has 1 atom stereocenters. The number of sulfonamides is 1. The molecule has 0 saturated carbocycles. The number of hydrogen-bond acceptors (Lipinski definition) is 5. The highest BCUT2D eigenvalue weighted by molar-refractivity contribution is 9.10. The number of aliphatic carboxylic acids is 1. The predicted octanol–water partition coefficient (Wildman–Crippen LogP) is 0.531. The molecule has 0 spiro atoms. The third-order valence-electron chi connectivity index (χ3n) is 2.66. The number of nitrogens with one attached hydrogen (secondary N) is 2. The molecule has 0 aromatic heterocycles. The molecule has 1 heterocycles. The fourth-order valence-electron chi connectivity index (χ4n) is 1.63. The summed E-state index contributed by atoms with van der Waals surface area (Å²) in [6, 6.07) is 1.32. The average Bonchev–Trinajstić information content (AvgIpc) is 2.36. The van der Waals surface area contributed by atoms with Crippen LogP contribution in [0.5, 0.6) is 5.75 Å². The van der Waals surface area contributed by atoms with E-state index >= 15 is 0 Å². The predicted molar refractivity (Wildman–Crippen MR) is 75.7 cm³/mol. The van der Waals surface area contributed by atoms with Crippen molar-refractivity contribution in [3.05, 3.63) is 16.6 Å². The van der Waals surface area contributed by atoms with Crippen molar-refractivity contribution < 1.29 is 27.9 Å². The summed E-state index contributed by atoms with van der Waals surface area (Å²) >= 11 is 3.08. The normalized spacial score (nSPS) is 15.6. The number of carbonyl (C=O) groups excluding carboxylic acids is 1. The van der Waals surface area contributed by atoms with Crippen LogP contribution in [-0.2, 0) is 19.6 Å². The lowest BCUT2D eigenvalue weighted by molar-refractivity contribution is -0.138. The first kappa shape index (κ1) is 15.7. The minimum atomic E-state index is -4.05. The maximum absolute atomic E-state index is 12.2. The zero-order valence-electron chi connectivity index (χ0n) is 10.7. The van der Waals surface area contributed by atoms with Crippen LogP contribution in [0.25, 0.3) is 0 Å². The zero-order chi connectivity index (χ0) is 15.8. The van der Waals surface area contributed by atoms with Crippen molar-refractivity contribution in [2.45, 2.75) is 17.9 Å². The topological polar surface area (TPSA) is 122 Å². The Kier molecular flexibility index (Phi) is 4.21. The van der Waals surface area contributed by atoms with Crippen LogP contribution < -0.4 is 14.8 Å². The van der Waals surface area contributed by atoms with Crippen molar-refractivity contribution in [1.29, 1.82) is 0 Å². The van der Waals surface area contributed by atoms with Crippen molar-refractivity contribution >= 4 is 43.5 Å². The Bertz CT molecular complexity index is 718. The summed E-state index contributed by atoms with van der Waals surface area (Å²) in [7, 11) is -4.05. The third-order valence-corrected chi connectivity index (χ3v) is 5.16. The van der Waals surface area contributed by atoms with Crippen LogP contribution in [0.15, 0.2) is 21.5 Å². The van der Waals surface area contributed by atoms with Gasteiger partial charge in [0, 0.05) is 10.5 Å². The zero-order valence-corrected chi connectivity index (χ0v) is 13.1. The second kappa shape index (κ2) is 5.62. The smallest absolute Gasteiger partial charge is 0.321 e. The van der Waals surface area contributed by atoms with Crippen molar-refractivity contribution in [1.82, 2.24) is 4.72 Å². The molecule has 0 saturated heterocycles. The Balaban J connectivity index is 2.40. The Morgan fingerprint density at radius 2 is 2.19 bits per heavy atom. The molecule has 10 heteroatoms. The summed E-state index contributed by atoms with van der Waals surface area (Å²) in [4.78, 5) is 21.8. The van der Waals surface area contributed by atoms with Crippen molar-refractivity contribution in [2.24, 2.45) is 0 Å². The highest BCUT2D eigenvalue weighted by atomic mass is 79.9. The molecule has 0 aliphatic carbocycles. The number of amides is 1. The number of carboxylic acid groups (broad SMARTS) is 1. The van der Waals surface area contributed by atoms with Gasteiger partial charge >= 0.3 is 5.97 Å². The van der Waals surface area contributed by atoms with E-state index in [4.69, 9.17) is 9.84 Å². The molecule has 1 aromatic carbocycles. The molecule has 1 aromatic rings. The van der Waals surface area contributed by atoms with E-state index in [0.29, 0.717) is 5.69 Å². The Labute approximate surface area is 128 Å². The number of hydrogen-bond donors (Lipinski definition) is 3. The molecule has 1 unspecified atom stereocenters. The third kappa shape index (κ3) is 3.34. The molecule has 8 nitrogen and oxygen atoms in total. The van der Waals surface area contributed by atoms with Gasteiger partial charge < -0.3 is 15.2 Å². The van der Waals surface area contributed by atoms with Gasteiger partial charge in [-0.25, -0.2) is 8.42 Å². The van der Waals surface area contributed by atoms with E-state index in [9.17, 15) is 18.0 Å². The molecule has 1 aliphatic rings. The van der Waals surface area contributed by atoms with Gasteiger partial charge in [-0.3, -0.25) is 9.59 Å². The van der Waals surface area contributed by atoms with Crippen LogP contribution in [0.3, 0.4) is 0 Å². The molecule has 2 rings (SSSR count). The van der Waals surface area contributed by atoms with E-state index < -0.39 is 22.0 Å². The first-order chi connectivity index (χ1) is 9.70. The molecule has 3 N–H and O–H groups in total. The van der Waals surface area contributed by atoms with Crippen LogP contribution in [-0.4, -0.2) is 38.0 Å². The molecule has 21 heavy (non-hydrogen) atoms. The monoisotopic (exact) mass is 378 g/mol. The second-order valence-corrected chi connectivity index (χ2v) is 6.83. The van der Waals surface area contributed by atoms with E-state index in [2.05, 4.69) is 21.2 Å². The van der Waals surface area contributed by atoms with E-state index in [1.807, 2.05) is 4.72 Å². The Morgan fingerprint density at radius 1 is 1.52 bits per heavy atom. The van der Waals surface area contributed by atoms with E-state index in [1.54, 1.807) is 0 Å². The lowest BCUT2D eigenvalue weighted by Gasteiger charge is -2.20. The first-order valence-electron chi connectivity index (χ1n) is 5.72. The van der Waals surface area contributed by atoms with Crippen LogP contribution in [0.4, 0.5) is 5.69 Å². The van der Waals surface area contributed by atoms with Gasteiger partial charge in [0.15, 0.2) is 6.61 Å². The van der Waals surface area contributed by atoms with E-state index in [-0.39, 0.29) is 27.6 Å². The SMILES string of the molecule is CC(NS(=O)(=O)c1cc2c(cc1Br)NC(=O)CO2)C(=O)O. The summed E-state index contributed by atoms with van der Waals surface area (Å²) in [5, 5.41) is 11.3. The van der Waals surface area contributed by atoms with Crippen LogP contribution >= 0.6 is 15.9 Å². The number of carboxylic acids is 1. The van der Waals surface area contributed by atoms with Gasteiger partial charge in [-0.05, 0) is 28.9 Å². The number of rotatable bonds is 4. The lowest BCUT2D eigenvalue weighted by atomic mass is 10.2. The number of ether oxygens (including phenoxy) is 1. The van der Waals surface area contributed by atoms with Gasteiger partial charge in [-0.15, -0.1) is 0 Å². The molecular formula is C11H11BrN2O6S. The summed E-state index contributed by atoms with van der Waals surface area (Å²) in [5.74, 6) is -1.44. The average molecular weight is 379 g/mol. The van der Waals surface area contributed by atoms with Crippen LogP contribution in [0.1, 0.15) is 6.92 Å². The van der Waals surface area contributed by atoms with E-state index in [0.717, 1.165) is 0 Å². The van der Waals surface area contributed by atoms with Crippen molar-refractivity contribution in [3.63, 3.8) is 0 Å². The summed E-state index contributed by atoms with van der Waals surface area (Å²) in [6.45, 7) is 0.996. The summed E-state index contributed by atoms with van der Waals surface area (Å²) in [6.07, 6.45) is 0. The number of fused-ring (bicyclic) bond motifs is 1. The first-order valence-corrected chi connectivity index (χ1v) is 7.99. The molecule has 0 radical (unpaired) electrons. The lowest BCUT2D eigenvalue weighted by Crippen LogP contribution is -2.38. The quantitative estimate of drug-likeness (QED) is 0.702. The molecule has 1 aliphatic heterocycles. The second-order valence-electron chi connectivity index (χ2n) is 4.30. The van der Waals surface area contributed by atoms with Gasteiger partial charge in [0.25, 0.3) is 5.91 Å². The molecular weight excluding hydrogens is 368 g/mol. The van der Waals surface area contributed by atoms with Crippen molar-refractivity contribution in [2.75, 3.05) is 11.9 Å². The minimum Gasteiger partial charge on any atom is -0.482 e. The highest BCUT2D eigenvalue weighted by Gasteiger charge is 2.27. The Morgan fingerprint density at radius 3 is 2.81 bits per heavy atom. The standard InChI is InChI=1S/C11H11BrN2O6S/c1-5(11(16)17)14-21(18,19)9-3-8-7(2-6(9)12)13-10(15)4-20-8/h2-3,5,14H,4H2,1H3,(H,13,15)(H,16,17). The van der Waals surface area contributed by atoms with E-state index in [1.165, 1.54) is 19.1 Å². The van der Waals surface area contributed by atoms with Crippen LogP contribution in [0, 0.1) is 0 Å². The van der Waals surface area contributed by atoms with Gasteiger partial charge in [0.05, 0.1) is 5.69 Å². The fraction of sp³-hybridized carbons (Fsp3) is 0.273. The number of carbonyl (C=O) groups is 2. The molecule has 0 fully saturated rings. The number of anilines is 1. The maximum Gasteiger partial charge on any atom is 0.321 e. The molecule has 1 amide bonds. The van der Waals surface area contributed by atoms with Crippen molar-refractivity contribution in [3.8, 4) is 5.75 Å². The Hall–Kier alpha value is -1.65. The molecule has 0 bridgehead atoms. The number of halogens is 1.